The minimum Gasteiger partial charge on any atom is -0.469 e. The molecule has 0 aliphatic heterocycles. The van der Waals surface area contributed by atoms with Gasteiger partial charge in [-0.05, 0) is 6.92 Å². The van der Waals surface area contributed by atoms with Gasteiger partial charge in [-0.1, -0.05) is 6.92 Å². The fourth-order valence-electron chi connectivity index (χ4n) is 0.879. The number of esters is 1. The van der Waals surface area contributed by atoms with Crippen LogP contribution < -0.4 is 5.32 Å². The molecule has 0 aromatic rings. The average Bonchev–Trinajstić information content (AvgIpc) is 2.16. The largest absolute Gasteiger partial charge is 0.469 e. The molecule has 0 fully saturated rings. The maximum Gasteiger partial charge on any atom is 0.309 e. The van der Waals surface area contributed by atoms with E-state index in [1.54, 1.807) is 0 Å². The Morgan fingerprint density at radius 2 is 2.31 bits per heavy atom. The fraction of sp³-hybridized carbons (Fsp3) is 0.700. The molecule has 0 amide bonds. The first-order chi connectivity index (χ1) is 6.22. The van der Waals surface area contributed by atoms with Crippen LogP contribution in [0.15, 0.2) is 0 Å². The van der Waals surface area contributed by atoms with Crippen LogP contribution in [0.3, 0.4) is 0 Å². The quantitative estimate of drug-likeness (QED) is 0.389. The smallest absolute Gasteiger partial charge is 0.309 e. The van der Waals surface area contributed by atoms with Gasteiger partial charge in [0.2, 0.25) is 0 Å². The van der Waals surface area contributed by atoms with Gasteiger partial charge in [0.05, 0.1) is 13.0 Å². The van der Waals surface area contributed by atoms with Crippen LogP contribution in [-0.4, -0.2) is 26.2 Å². The van der Waals surface area contributed by atoms with Crippen molar-refractivity contribution in [2.45, 2.75) is 20.3 Å². The van der Waals surface area contributed by atoms with E-state index < -0.39 is 0 Å². The van der Waals surface area contributed by atoms with Crippen molar-refractivity contribution in [1.29, 1.82) is 0 Å². The van der Waals surface area contributed by atoms with Crippen LogP contribution >= 0.6 is 0 Å². The van der Waals surface area contributed by atoms with Crippen molar-refractivity contribution >= 4 is 5.97 Å². The van der Waals surface area contributed by atoms with Crippen molar-refractivity contribution in [1.82, 2.24) is 5.32 Å². The molecule has 0 aromatic carbocycles. The lowest BCUT2D eigenvalue weighted by Gasteiger charge is -2.08. The molecule has 0 aliphatic carbocycles. The van der Waals surface area contributed by atoms with Crippen LogP contribution in [0.5, 0.6) is 0 Å². The number of nitrogens with one attached hydrogen (secondary N) is 1. The summed E-state index contributed by atoms with van der Waals surface area (Å²) in [5, 5.41) is 3.13. The Labute approximate surface area is 79.8 Å². The van der Waals surface area contributed by atoms with Crippen LogP contribution in [0.4, 0.5) is 0 Å². The van der Waals surface area contributed by atoms with Gasteiger partial charge in [-0.2, -0.15) is 0 Å². The SMILES string of the molecule is CC#CCCNCC(C)C(=O)OC. The molecule has 0 heterocycles. The van der Waals surface area contributed by atoms with E-state index in [9.17, 15) is 4.79 Å². The lowest BCUT2D eigenvalue weighted by Crippen LogP contribution is -2.27. The lowest BCUT2D eigenvalue weighted by atomic mass is 10.2. The predicted molar refractivity (Wildman–Crippen MR) is 52.1 cm³/mol. The second kappa shape index (κ2) is 7.63. The molecular weight excluding hydrogens is 166 g/mol. The number of carbonyl (C=O) groups is 1. The Bertz CT molecular complexity index is 203. The summed E-state index contributed by atoms with van der Waals surface area (Å²) in [6, 6.07) is 0. The molecular formula is C10H17NO2. The topological polar surface area (TPSA) is 38.3 Å². The van der Waals surface area contributed by atoms with Gasteiger partial charge in [-0.3, -0.25) is 4.79 Å². The first-order valence-electron chi connectivity index (χ1n) is 4.40. The molecule has 3 heteroatoms. The standard InChI is InChI=1S/C10H17NO2/c1-4-5-6-7-11-8-9(2)10(12)13-3/h9,11H,6-8H2,1-3H3. The number of ether oxygens (including phenoxy) is 1. The van der Waals surface area contributed by atoms with Crippen molar-refractivity contribution in [2.24, 2.45) is 5.92 Å². The lowest BCUT2D eigenvalue weighted by molar-refractivity contribution is -0.144. The number of rotatable bonds is 5. The minimum absolute atomic E-state index is 0.0837. The van der Waals surface area contributed by atoms with Crippen LogP contribution in [0.25, 0.3) is 0 Å². The van der Waals surface area contributed by atoms with Gasteiger partial charge in [-0.15, -0.1) is 11.8 Å². The molecule has 0 saturated carbocycles. The number of methoxy groups -OCH3 is 1. The summed E-state index contributed by atoms with van der Waals surface area (Å²) in [6.07, 6.45) is 0.824. The Morgan fingerprint density at radius 1 is 1.62 bits per heavy atom. The Morgan fingerprint density at radius 3 is 2.85 bits per heavy atom. The molecule has 74 valence electrons. The van der Waals surface area contributed by atoms with Gasteiger partial charge in [-0.25, -0.2) is 0 Å². The molecule has 13 heavy (non-hydrogen) atoms. The van der Waals surface area contributed by atoms with E-state index in [-0.39, 0.29) is 11.9 Å². The first-order valence-corrected chi connectivity index (χ1v) is 4.40. The molecule has 1 unspecified atom stereocenters. The second-order valence-corrected chi connectivity index (χ2v) is 2.81. The van der Waals surface area contributed by atoms with Gasteiger partial charge in [0, 0.05) is 19.5 Å². The van der Waals surface area contributed by atoms with Crippen LogP contribution in [0.2, 0.25) is 0 Å². The van der Waals surface area contributed by atoms with Crippen molar-refractivity contribution in [3.63, 3.8) is 0 Å². The molecule has 1 N–H and O–H groups in total. The van der Waals surface area contributed by atoms with E-state index >= 15 is 0 Å². The number of carbonyl (C=O) groups excluding carboxylic acids is 1. The zero-order valence-corrected chi connectivity index (χ0v) is 8.52. The Hall–Kier alpha value is -1.01. The summed E-state index contributed by atoms with van der Waals surface area (Å²) in [6.45, 7) is 5.13. The van der Waals surface area contributed by atoms with Crippen LogP contribution in [0, 0.1) is 17.8 Å². The molecule has 0 spiro atoms. The third kappa shape index (κ3) is 6.18. The van der Waals surface area contributed by atoms with E-state index in [1.807, 2.05) is 13.8 Å². The van der Waals surface area contributed by atoms with Crippen molar-refractivity contribution in [3.05, 3.63) is 0 Å². The van der Waals surface area contributed by atoms with Gasteiger partial charge in [0.15, 0.2) is 0 Å². The number of hydrogen-bond donors (Lipinski definition) is 1. The molecule has 0 bridgehead atoms. The molecule has 0 aliphatic rings. The summed E-state index contributed by atoms with van der Waals surface area (Å²) in [7, 11) is 1.40. The Kier molecular flexibility index (Phi) is 7.04. The second-order valence-electron chi connectivity index (χ2n) is 2.81. The highest BCUT2D eigenvalue weighted by Gasteiger charge is 2.11. The highest BCUT2D eigenvalue weighted by Crippen LogP contribution is 1.94. The Balaban J connectivity index is 3.40. The normalized spacial score (nSPS) is 11.3. The van der Waals surface area contributed by atoms with E-state index in [2.05, 4.69) is 21.9 Å². The molecule has 3 nitrogen and oxygen atoms in total. The minimum atomic E-state index is -0.172. The average molecular weight is 183 g/mol. The zero-order valence-electron chi connectivity index (χ0n) is 8.52. The monoisotopic (exact) mass is 183 g/mol. The van der Waals surface area contributed by atoms with Gasteiger partial charge < -0.3 is 10.1 Å². The zero-order chi connectivity index (χ0) is 10.1. The van der Waals surface area contributed by atoms with E-state index in [0.29, 0.717) is 6.54 Å². The van der Waals surface area contributed by atoms with E-state index in [1.165, 1.54) is 7.11 Å². The summed E-state index contributed by atoms with van der Waals surface area (Å²) < 4.78 is 4.58. The predicted octanol–water partition coefficient (Wildman–Crippen LogP) is 0.798. The van der Waals surface area contributed by atoms with Crippen molar-refractivity contribution < 1.29 is 9.53 Å². The van der Waals surface area contributed by atoms with Crippen molar-refractivity contribution in [3.8, 4) is 11.8 Å². The van der Waals surface area contributed by atoms with Crippen molar-refractivity contribution in [2.75, 3.05) is 20.2 Å². The van der Waals surface area contributed by atoms with Crippen LogP contribution in [-0.2, 0) is 9.53 Å². The summed E-state index contributed by atoms with van der Waals surface area (Å²) in [4.78, 5) is 10.9. The molecule has 0 saturated heterocycles. The van der Waals surface area contributed by atoms with Gasteiger partial charge in [0.25, 0.3) is 0 Å². The van der Waals surface area contributed by atoms with Gasteiger partial charge >= 0.3 is 5.97 Å². The third-order valence-electron chi connectivity index (χ3n) is 1.66. The summed E-state index contributed by atoms with van der Waals surface area (Å²) in [5.41, 5.74) is 0. The van der Waals surface area contributed by atoms with E-state index in [4.69, 9.17) is 0 Å². The molecule has 0 rings (SSSR count). The maximum atomic E-state index is 10.9. The third-order valence-corrected chi connectivity index (χ3v) is 1.66. The first kappa shape index (κ1) is 12.0. The fourth-order valence-corrected chi connectivity index (χ4v) is 0.879. The highest BCUT2D eigenvalue weighted by atomic mass is 16.5. The number of hydrogen-bond acceptors (Lipinski definition) is 3. The maximum absolute atomic E-state index is 10.9. The summed E-state index contributed by atoms with van der Waals surface area (Å²) >= 11 is 0. The highest BCUT2D eigenvalue weighted by molar-refractivity contribution is 5.71. The van der Waals surface area contributed by atoms with Crippen LogP contribution in [0.1, 0.15) is 20.3 Å². The molecule has 0 radical (unpaired) electrons. The molecule has 1 atom stereocenters. The molecule has 0 aromatic heterocycles. The summed E-state index contributed by atoms with van der Waals surface area (Å²) in [5.74, 6) is 5.49. The van der Waals surface area contributed by atoms with Gasteiger partial charge in [0.1, 0.15) is 0 Å². The van der Waals surface area contributed by atoms with E-state index in [0.717, 1.165) is 13.0 Å².